The SMILES string of the molecule is COc1ccc(NS(=O)(=O)c2c(C)noc2/C=C/N(C)C)cc1. The second-order valence-corrected chi connectivity index (χ2v) is 6.69. The fraction of sp³-hybridized carbons (Fsp3) is 0.267. The molecule has 7 nitrogen and oxygen atoms in total. The highest BCUT2D eigenvalue weighted by Gasteiger charge is 2.25. The zero-order valence-corrected chi connectivity index (χ0v) is 14.2. The molecule has 0 radical (unpaired) electrons. The first-order valence-electron chi connectivity index (χ1n) is 6.81. The van der Waals surface area contributed by atoms with Crippen LogP contribution in [0.3, 0.4) is 0 Å². The van der Waals surface area contributed by atoms with E-state index in [1.807, 2.05) is 14.1 Å². The third kappa shape index (κ3) is 4.04. The number of anilines is 1. The Bertz CT molecular complexity index is 793. The molecule has 23 heavy (non-hydrogen) atoms. The van der Waals surface area contributed by atoms with E-state index >= 15 is 0 Å². The zero-order chi connectivity index (χ0) is 17.0. The number of ether oxygens (including phenoxy) is 1. The third-order valence-electron chi connectivity index (χ3n) is 2.97. The number of aromatic nitrogens is 1. The highest BCUT2D eigenvalue weighted by atomic mass is 32.2. The smallest absolute Gasteiger partial charge is 0.267 e. The molecule has 0 bridgehead atoms. The lowest BCUT2D eigenvalue weighted by Crippen LogP contribution is -2.14. The number of hydrogen-bond donors (Lipinski definition) is 1. The first-order valence-corrected chi connectivity index (χ1v) is 8.29. The largest absolute Gasteiger partial charge is 0.497 e. The number of nitrogens with one attached hydrogen (secondary N) is 1. The molecule has 1 aromatic heterocycles. The maximum atomic E-state index is 12.6. The van der Waals surface area contributed by atoms with E-state index in [1.54, 1.807) is 55.5 Å². The van der Waals surface area contributed by atoms with Gasteiger partial charge in [0, 0.05) is 32.1 Å². The van der Waals surface area contributed by atoms with Crippen LogP contribution in [0.2, 0.25) is 0 Å². The van der Waals surface area contributed by atoms with E-state index in [-0.39, 0.29) is 10.7 Å². The summed E-state index contributed by atoms with van der Waals surface area (Å²) in [7, 11) is 1.37. The lowest BCUT2D eigenvalue weighted by molar-refractivity contribution is 0.405. The molecule has 0 aliphatic carbocycles. The molecule has 8 heteroatoms. The van der Waals surface area contributed by atoms with Crippen molar-refractivity contribution in [3.8, 4) is 5.75 Å². The Morgan fingerprint density at radius 1 is 1.26 bits per heavy atom. The molecule has 1 N–H and O–H groups in total. The second kappa shape index (κ2) is 6.74. The van der Waals surface area contributed by atoms with Crippen LogP contribution in [0.4, 0.5) is 5.69 Å². The molecule has 0 aliphatic rings. The second-order valence-electron chi connectivity index (χ2n) is 5.07. The molecule has 0 amide bonds. The number of methoxy groups -OCH3 is 1. The van der Waals surface area contributed by atoms with Gasteiger partial charge in [-0.1, -0.05) is 5.16 Å². The molecule has 0 fully saturated rings. The summed E-state index contributed by atoms with van der Waals surface area (Å²) < 4.78 is 37.9. The molecule has 0 saturated heterocycles. The molecular weight excluding hydrogens is 318 g/mol. The Morgan fingerprint density at radius 3 is 2.48 bits per heavy atom. The number of rotatable bonds is 6. The van der Waals surface area contributed by atoms with Gasteiger partial charge < -0.3 is 14.2 Å². The highest BCUT2D eigenvalue weighted by molar-refractivity contribution is 7.92. The maximum Gasteiger partial charge on any atom is 0.267 e. The molecule has 124 valence electrons. The van der Waals surface area contributed by atoms with Crippen molar-refractivity contribution in [2.24, 2.45) is 0 Å². The molecule has 0 unspecified atom stereocenters. The minimum Gasteiger partial charge on any atom is -0.497 e. The Kier molecular flexibility index (Phi) is 4.95. The van der Waals surface area contributed by atoms with E-state index in [4.69, 9.17) is 9.26 Å². The summed E-state index contributed by atoms with van der Waals surface area (Å²) in [6.07, 6.45) is 3.24. The zero-order valence-electron chi connectivity index (χ0n) is 13.4. The quantitative estimate of drug-likeness (QED) is 0.871. The Labute approximate surface area is 135 Å². The van der Waals surface area contributed by atoms with Crippen LogP contribution in [0.25, 0.3) is 6.08 Å². The molecule has 1 aromatic carbocycles. The topological polar surface area (TPSA) is 84.7 Å². The number of nitrogens with zero attached hydrogens (tertiary/aromatic N) is 2. The van der Waals surface area contributed by atoms with Gasteiger partial charge in [0.05, 0.1) is 7.11 Å². The Balaban J connectivity index is 2.33. The number of aryl methyl sites for hydroxylation is 1. The van der Waals surface area contributed by atoms with Gasteiger partial charge >= 0.3 is 0 Å². The van der Waals surface area contributed by atoms with Gasteiger partial charge in [-0.2, -0.15) is 0 Å². The van der Waals surface area contributed by atoms with Crippen molar-refractivity contribution in [2.45, 2.75) is 11.8 Å². The Hall–Kier alpha value is -2.48. The van der Waals surface area contributed by atoms with Crippen molar-refractivity contribution in [3.63, 3.8) is 0 Å². The van der Waals surface area contributed by atoms with E-state index < -0.39 is 10.0 Å². The fourth-order valence-electron chi connectivity index (χ4n) is 1.89. The number of benzene rings is 1. The maximum absolute atomic E-state index is 12.6. The van der Waals surface area contributed by atoms with Crippen molar-refractivity contribution >= 4 is 21.8 Å². The van der Waals surface area contributed by atoms with E-state index in [1.165, 1.54) is 0 Å². The summed E-state index contributed by atoms with van der Waals surface area (Å²) in [5.74, 6) is 0.820. The molecule has 0 atom stereocenters. The summed E-state index contributed by atoms with van der Waals surface area (Å²) in [6, 6.07) is 6.58. The van der Waals surface area contributed by atoms with Crippen LogP contribution in [0.1, 0.15) is 11.5 Å². The summed E-state index contributed by atoms with van der Waals surface area (Å²) in [4.78, 5) is 1.79. The summed E-state index contributed by atoms with van der Waals surface area (Å²) in [5.41, 5.74) is 0.721. The van der Waals surface area contributed by atoms with Gasteiger partial charge in [-0.3, -0.25) is 4.72 Å². The standard InChI is InChI=1S/C15H19N3O4S/c1-11-15(14(22-16-11)9-10-18(2)3)23(19,20)17-12-5-7-13(21-4)8-6-12/h5-10,17H,1-4H3/b10-9+. The molecular formula is C15H19N3O4S. The molecule has 0 aliphatic heterocycles. The van der Waals surface area contributed by atoms with Crippen LogP contribution in [-0.4, -0.2) is 39.7 Å². The van der Waals surface area contributed by atoms with Gasteiger partial charge in [0.15, 0.2) is 10.7 Å². The van der Waals surface area contributed by atoms with Crippen molar-refractivity contribution in [1.82, 2.24) is 10.1 Å². The van der Waals surface area contributed by atoms with Gasteiger partial charge in [0.2, 0.25) is 0 Å². The van der Waals surface area contributed by atoms with E-state index in [0.717, 1.165) is 0 Å². The normalized spacial score (nSPS) is 11.7. The predicted octanol–water partition coefficient (Wildman–Crippen LogP) is 2.32. The first-order chi connectivity index (χ1) is 10.8. The van der Waals surface area contributed by atoms with E-state index in [0.29, 0.717) is 17.1 Å². The van der Waals surface area contributed by atoms with Gasteiger partial charge in [0.1, 0.15) is 11.4 Å². The van der Waals surface area contributed by atoms with Crippen molar-refractivity contribution < 1.29 is 17.7 Å². The molecule has 0 spiro atoms. The van der Waals surface area contributed by atoms with Crippen LogP contribution >= 0.6 is 0 Å². The van der Waals surface area contributed by atoms with Crippen molar-refractivity contribution in [3.05, 3.63) is 41.9 Å². The summed E-state index contributed by atoms with van der Waals surface area (Å²) >= 11 is 0. The van der Waals surface area contributed by atoms with Gasteiger partial charge in [-0.05, 0) is 31.2 Å². The van der Waals surface area contributed by atoms with Gasteiger partial charge in [-0.15, -0.1) is 0 Å². The van der Waals surface area contributed by atoms with E-state index in [2.05, 4.69) is 9.88 Å². The van der Waals surface area contributed by atoms with Crippen LogP contribution in [0.15, 0.2) is 39.9 Å². The van der Waals surface area contributed by atoms with Gasteiger partial charge in [0.25, 0.3) is 10.0 Å². The average molecular weight is 337 g/mol. The lowest BCUT2D eigenvalue weighted by atomic mass is 10.3. The fourth-order valence-corrected chi connectivity index (χ4v) is 3.24. The molecule has 0 saturated carbocycles. The third-order valence-corrected chi connectivity index (χ3v) is 4.51. The average Bonchev–Trinajstić information content (AvgIpc) is 2.87. The molecule has 2 rings (SSSR count). The first kappa shape index (κ1) is 16.9. The summed E-state index contributed by atoms with van der Waals surface area (Å²) in [5, 5.41) is 3.75. The Morgan fingerprint density at radius 2 is 1.91 bits per heavy atom. The summed E-state index contributed by atoms with van der Waals surface area (Å²) in [6.45, 7) is 1.58. The highest BCUT2D eigenvalue weighted by Crippen LogP contribution is 2.25. The van der Waals surface area contributed by atoms with Crippen LogP contribution in [0.5, 0.6) is 5.75 Å². The minimum atomic E-state index is -3.82. The van der Waals surface area contributed by atoms with E-state index in [9.17, 15) is 8.42 Å². The lowest BCUT2D eigenvalue weighted by Gasteiger charge is -2.08. The molecule has 1 heterocycles. The van der Waals surface area contributed by atoms with Crippen LogP contribution < -0.4 is 9.46 Å². The molecule has 2 aromatic rings. The number of sulfonamides is 1. The minimum absolute atomic E-state index is 0.0198. The van der Waals surface area contributed by atoms with Crippen molar-refractivity contribution in [1.29, 1.82) is 0 Å². The van der Waals surface area contributed by atoms with Crippen LogP contribution in [-0.2, 0) is 10.0 Å². The monoisotopic (exact) mass is 337 g/mol. The number of hydrogen-bond acceptors (Lipinski definition) is 6. The van der Waals surface area contributed by atoms with Crippen LogP contribution in [0, 0.1) is 6.92 Å². The predicted molar refractivity (Wildman–Crippen MR) is 87.8 cm³/mol. The van der Waals surface area contributed by atoms with Crippen molar-refractivity contribution in [2.75, 3.05) is 25.9 Å². The van der Waals surface area contributed by atoms with Gasteiger partial charge in [-0.25, -0.2) is 8.42 Å².